The molecule has 27 heavy (non-hydrogen) atoms. The van der Waals surface area contributed by atoms with E-state index in [-0.39, 0.29) is 6.04 Å². The van der Waals surface area contributed by atoms with Crippen LogP contribution in [0.1, 0.15) is 18.5 Å². The maximum absolute atomic E-state index is 6.20. The summed E-state index contributed by atoms with van der Waals surface area (Å²) in [4.78, 5) is 4.55. The Bertz CT molecular complexity index is 1120. The van der Waals surface area contributed by atoms with Crippen LogP contribution >= 0.6 is 11.6 Å². The van der Waals surface area contributed by atoms with Gasteiger partial charge in [0.25, 0.3) is 0 Å². The third-order valence-electron chi connectivity index (χ3n) is 4.69. The molecule has 0 fully saturated rings. The summed E-state index contributed by atoms with van der Waals surface area (Å²) in [5.74, 6) is 0.786. The largest absolute Gasteiger partial charge is 0.496 e. The summed E-state index contributed by atoms with van der Waals surface area (Å²) in [6.07, 6.45) is 1.84. The molecule has 0 aliphatic heterocycles. The van der Waals surface area contributed by atoms with Crippen molar-refractivity contribution in [1.29, 1.82) is 0 Å². The van der Waals surface area contributed by atoms with Gasteiger partial charge in [-0.1, -0.05) is 29.8 Å². The van der Waals surface area contributed by atoms with Crippen molar-refractivity contribution in [1.82, 2.24) is 9.55 Å². The SMILES string of the molecule is COc1ccc(Cl)cc1-c1cccc(-n2cnc3cc([C@@H](C)N)ccc32)c1. The summed E-state index contributed by atoms with van der Waals surface area (Å²) >= 11 is 6.20. The number of nitrogens with zero attached hydrogens (tertiary/aromatic N) is 2. The lowest BCUT2D eigenvalue weighted by Gasteiger charge is -2.12. The molecule has 0 bridgehead atoms. The fourth-order valence-corrected chi connectivity index (χ4v) is 3.42. The first-order valence-electron chi connectivity index (χ1n) is 8.74. The van der Waals surface area contributed by atoms with E-state index in [9.17, 15) is 0 Å². The number of imidazole rings is 1. The van der Waals surface area contributed by atoms with E-state index in [1.165, 1.54) is 0 Å². The van der Waals surface area contributed by atoms with E-state index in [0.29, 0.717) is 5.02 Å². The molecule has 0 unspecified atom stereocenters. The number of aromatic nitrogens is 2. The molecule has 4 rings (SSSR count). The van der Waals surface area contributed by atoms with E-state index in [4.69, 9.17) is 22.1 Å². The van der Waals surface area contributed by atoms with Crippen LogP contribution in [0.5, 0.6) is 5.75 Å². The highest BCUT2D eigenvalue weighted by Crippen LogP contribution is 2.34. The van der Waals surface area contributed by atoms with Gasteiger partial charge in [0.15, 0.2) is 0 Å². The predicted molar refractivity (Wildman–Crippen MR) is 111 cm³/mol. The molecule has 5 heteroatoms. The summed E-state index contributed by atoms with van der Waals surface area (Å²) in [6, 6.07) is 20.0. The normalized spacial score (nSPS) is 12.3. The summed E-state index contributed by atoms with van der Waals surface area (Å²) in [5, 5.41) is 0.674. The molecule has 0 aliphatic carbocycles. The third-order valence-corrected chi connectivity index (χ3v) is 4.93. The van der Waals surface area contributed by atoms with Gasteiger partial charge in [-0.2, -0.15) is 0 Å². The molecule has 0 radical (unpaired) electrons. The van der Waals surface area contributed by atoms with E-state index >= 15 is 0 Å². The molecule has 0 spiro atoms. The van der Waals surface area contributed by atoms with Gasteiger partial charge in [0.2, 0.25) is 0 Å². The number of halogens is 1. The molecule has 0 amide bonds. The molecule has 3 aromatic carbocycles. The summed E-state index contributed by atoms with van der Waals surface area (Å²) in [6.45, 7) is 1.97. The van der Waals surface area contributed by atoms with Gasteiger partial charge in [0.05, 0.1) is 18.1 Å². The zero-order valence-electron chi connectivity index (χ0n) is 15.2. The van der Waals surface area contributed by atoms with E-state index in [1.54, 1.807) is 7.11 Å². The Morgan fingerprint density at radius 3 is 2.70 bits per heavy atom. The van der Waals surface area contributed by atoms with Gasteiger partial charge in [-0.3, -0.25) is 4.57 Å². The van der Waals surface area contributed by atoms with Gasteiger partial charge in [-0.05, 0) is 60.5 Å². The van der Waals surface area contributed by atoms with Crippen molar-refractivity contribution in [3.8, 4) is 22.6 Å². The molecule has 136 valence electrons. The van der Waals surface area contributed by atoms with Crippen LogP contribution in [0.25, 0.3) is 27.8 Å². The Balaban J connectivity index is 1.82. The molecular weight excluding hydrogens is 358 g/mol. The lowest BCUT2D eigenvalue weighted by atomic mass is 10.0. The van der Waals surface area contributed by atoms with Crippen molar-refractivity contribution in [2.45, 2.75) is 13.0 Å². The second-order valence-electron chi connectivity index (χ2n) is 6.55. The third kappa shape index (κ3) is 3.29. The minimum atomic E-state index is -0.0156. The first-order chi connectivity index (χ1) is 13.1. The number of benzene rings is 3. The standard InChI is InChI=1S/C22H20ClN3O/c1-14(24)15-6-8-21-20(11-15)25-13-26(21)18-5-3-4-16(10-18)19-12-17(23)7-9-22(19)27-2/h3-14H,24H2,1-2H3/t14-/m1/s1. The molecule has 0 saturated heterocycles. The number of hydrogen-bond acceptors (Lipinski definition) is 3. The average molecular weight is 378 g/mol. The number of ether oxygens (including phenoxy) is 1. The van der Waals surface area contributed by atoms with Crippen LogP contribution in [0.4, 0.5) is 0 Å². The molecule has 2 N–H and O–H groups in total. The molecule has 4 nitrogen and oxygen atoms in total. The summed E-state index contributed by atoms with van der Waals surface area (Å²) in [5.41, 5.74) is 12.0. The Morgan fingerprint density at radius 2 is 1.93 bits per heavy atom. The van der Waals surface area contributed by atoms with Crippen molar-refractivity contribution in [3.05, 3.63) is 77.6 Å². The first-order valence-corrected chi connectivity index (χ1v) is 9.11. The van der Waals surface area contributed by atoms with Gasteiger partial charge in [-0.15, -0.1) is 0 Å². The van der Waals surface area contributed by atoms with E-state index in [0.717, 1.165) is 39.2 Å². The second kappa shape index (κ2) is 7.06. The zero-order valence-corrected chi connectivity index (χ0v) is 15.9. The van der Waals surface area contributed by atoms with E-state index in [1.807, 2.05) is 49.6 Å². The molecule has 1 atom stereocenters. The van der Waals surface area contributed by atoms with Crippen molar-refractivity contribution in [2.24, 2.45) is 5.73 Å². The van der Waals surface area contributed by atoms with Crippen LogP contribution in [0, 0.1) is 0 Å². The number of rotatable bonds is 4. The smallest absolute Gasteiger partial charge is 0.126 e. The van der Waals surface area contributed by atoms with Crippen LogP contribution in [0.3, 0.4) is 0 Å². The van der Waals surface area contributed by atoms with E-state index in [2.05, 4.69) is 33.8 Å². The predicted octanol–water partition coefficient (Wildman–Crippen LogP) is 5.37. The van der Waals surface area contributed by atoms with E-state index < -0.39 is 0 Å². The molecule has 0 saturated carbocycles. The Morgan fingerprint density at radius 1 is 1.07 bits per heavy atom. The van der Waals surface area contributed by atoms with Crippen LogP contribution < -0.4 is 10.5 Å². The minimum absolute atomic E-state index is 0.0156. The van der Waals surface area contributed by atoms with Crippen molar-refractivity contribution in [2.75, 3.05) is 7.11 Å². The fourth-order valence-electron chi connectivity index (χ4n) is 3.25. The van der Waals surface area contributed by atoms with Crippen molar-refractivity contribution >= 4 is 22.6 Å². The monoisotopic (exact) mass is 377 g/mol. The summed E-state index contributed by atoms with van der Waals surface area (Å²) in [7, 11) is 1.66. The number of nitrogens with two attached hydrogens (primary N) is 1. The van der Waals surface area contributed by atoms with Crippen LogP contribution in [0.15, 0.2) is 67.0 Å². The maximum Gasteiger partial charge on any atom is 0.126 e. The van der Waals surface area contributed by atoms with Crippen LogP contribution in [-0.2, 0) is 0 Å². The quantitative estimate of drug-likeness (QED) is 0.519. The average Bonchev–Trinajstić information content (AvgIpc) is 3.11. The minimum Gasteiger partial charge on any atom is -0.496 e. The first kappa shape index (κ1) is 17.6. The lowest BCUT2D eigenvalue weighted by molar-refractivity contribution is 0.416. The lowest BCUT2D eigenvalue weighted by Crippen LogP contribution is -2.04. The number of methoxy groups -OCH3 is 1. The van der Waals surface area contributed by atoms with Crippen LogP contribution in [-0.4, -0.2) is 16.7 Å². The Kier molecular flexibility index (Phi) is 4.60. The highest BCUT2D eigenvalue weighted by molar-refractivity contribution is 6.31. The molecule has 1 heterocycles. The maximum atomic E-state index is 6.20. The fraction of sp³-hybridized carbons (Fsp3) is 0.136. The second-order valence-corrected chi connectivity index (χ2v) is 6.98. The summed E-state index contributed by atoms with van der Waals surface area (Å²) < 4.78 is 7.57. The molecule has 0 aliphatic rings. The van der Waals surface area contributed by atoms with Gasteiger partial charge in [0, 0.05) is 22.3 Å². The van der Waals surface area contributed by atoms with Crippen LogP contribution in [0.2, 0.25) is 5.02 Å². The molecule has 1 aromatic heterocycles. The highest BCUT2D eigenvalue weighted by Gasteiger charge is 2.11. The number of fused-ring (bicyclic) bond motifs is 1. The topological polar surface area (TPSA) is 53.1 Å². The van der Waals surface area contributed by atoms with Crippen molar-refractivity contribution in [3.63, 3.8) is 0 Å². The number of hydrogen-bond donors (Lipinski definition) is 1. The van der Waals surface area contributed by atoms with Crippen molar-refractivity contribution < 1.29 is 4.74 Å². The van der Waals surface area contributed by atoms with Gasteiger partial charge >= 0.3 is 0 Å². The zero-order chi connectivity index (χ0) is 19.0. The molecule has 4 aromatic rings. The Labute approximate surface area is 163 Å². The van der Waals surface area contributed by atoms with Gasteiger partial charge in [-0.25, -0.2) is 4.98 Å². The van der Waals surface area contributed by atoms with Gasteiger partial charge in [0.1, 0.15) is 12.1 Å². The molecular formula is C22H20ClN3O. The highest BCUT2D eigenvalue weighted by atomic mass is 35.5. The Hall–Kier alpha value is -2.82. The van der Waals surface area contributed by atoms with Gasteiger partial charge < -0.3 is 10.5 Å².